The first kappa shape index (κ1) is 21.5. The van der Waals surface area contributed by atoms with Crippen LogP contribution in [0.15, 0.2) is 48.5 Å². The lowest BCUT2D eigenvalue weighted by Crippen LogP contribution is -2.53. The van der Waals surface area contributed by atoms with Crippen LogP contribution in [-0.4, -0.2) is 59.0 Å². The Labute approximate surface area is 193 Å². The van der Waals surface area contributed by atoms with E-state index >= 15 is 0 Å². The van der Waals surface area contributed by atoms with Crippen LogP contribution in [0.1, 0.15) is 43.1 Å². The van der Waals surface area contributed by atoms with Crippen molar-refractivity contribution >= 4 is 22.8 Å². The first-order valence-electron chi connectivity index (χ1n) is 11.6. The number of benzene rings is 2. The van der Waals surface area contributed by atoms with E-state index in [-0.39, 0.29) is 18.0 Å². The maximum atomic E-state index is 13.7. The van der Waals surface area contributed by atoms with Gasteiger partial charge in [-0.1, -0.05) is 37.3 Å². The highest BCUT2D eigenvalue weighted by Crippen LogP contribution is 2.48. The van der Waals surface area contributed by atoms with Crippen molar-refractivity contribution < 1.29 is 14.3 Å². The standard InChI is InChI=1S/C26H30N4O3/c1-4-27-13-8-14-29-24(31)26(2)16-20-19-15-18(33-3)11-12-21(19)28-22(20)23(30(26)25(29)32)17-9-6-5-7-10-17/h5-7,9-12,15,23,27-28H,4,8,13-14,16H2,1-3H3/t23-,26+/m1/s1. The molecule has 1 fully saturated rings. The van der Waals surface area contributed by atoms with Gasteiger partial charge in [-0.2, -0.15) is 0 Å². The summed E-state index contributed by atoms with van der Waals surface area (Å²) in [5.74, 6) is 0.653. The minimum Gasteiger partial charge on any atom is -0.497 e. The van der Waals surface area contributed by atoms with Gasteiger partial charge in [0.25, 0.3) is 5.91 Å². The maximum absolute atomic E-state index is 13.7. The Morgan fingerprint density at radius 1 is 1.18 bits per heavy atom. The predicted molar refractivity (Wildman–Crippen MR) is 127 cm³/mol. The van der Waals surface area contributed by atoms with E-state index < -0.39 is 5.54 Å². The number of hydrogen-bond donors (Lipinski definition) is 2. The van der Waals surface area contributed by atoms with Crippen molar-refractivity contribution in [3.63, 3.8) is 0 Å². The summed E-state index contributed by atoms with van der Waals surface area (Å²) in [6.07, 6.45) is 1.20. The van der Waals surface area contributed by atoms with E-state index in [9.17, 15) is 9.59 Å². The van der Waals surface area contributed by atoms with Gasteiger partial charge in [0, 0.05) is 29.6 Å². The summed E-state index contributed by atoms with van der Waals surface area (Å²) in [5, 5.41) is 4.31. The van der Waals surface area contributed by atoms with Gasteiger partial charge in [0.05, 0.1) is 7.11 Å². The lowest BCUT2D eigenvalue weighted by atomic mass is 9.81. The largest absolute Gasteiger partial charge is 0.497 e. The second kappa shape index (κ2) is 8.23. The van der Waals surface area contributed by atoms with E-state index in [4.69, 9.17) is 4.74 Å². The number of ether oxygens (including phenoxy) is 1. The van der Waals surface area contributed by atoms with Crippen LogP contribution in [-0.2, 0) is 11.2 Å². The number of aromatic amines is 1. The smallest absolute Gasteiger partial charge is 0.328 e. The lowest BCUT2D eigenvalue weighted by Gasteiger charge is -2.42. The Hall–Kier alpha value is -3.32. The normalized spacial score (nSPS) is 22.1. The third kappa shape index (κ3) is 3.30. The van der Waals surface area contributed by atoms with Gasteiger partial charge in [0.2, 0.25) is 0 Å². The second-order valence-corrected chi connectivity index (χ2v) is 9.01. The Morgan fingerprint density at radius 3 is 2.70 bits per heavy atom. The summed E-state index contributed by atoms with van der Waals surface area (Å²) < 4.78 is 5.47. The monoisotopic (exact) mass is 446 g/mol. The highest BCUT2D eigenvalue weighted by molar-refractivity contribution is 6.08. The van der Waals surface area contributed by atoms with Gasteiger partial charge in [0.1, 0.15) is 17.3 Å². The van der Waals surface area contributed by atoms with Crippen molar-refractivity contribution in [1.82, 2.24) is 20.1 Å². The van der Waals surface area contributed by atoms with Crippen molar-refractivity contribution in [2.45, 2.75) is 38.3 Å². The lowest BCUT2D eigenvalue weighted by molar-refractivity contribution is -0.133. The fourth-order valence-electron chi connectivity index (χ4n) is 5.34. The first-order chi connectivity index (χ1) is 16.0. The molecule has 2 aliphatic heterocycles. The van der Waals surface area contributed by atoms with Crippen molar-refractivity contribution in [1.29, 1.82) is 0 Å². The number of urea groups is 1. The minimum absolute atomic E-state index is 0.118. The third-order valence-corrected chi connectivity index (χ3v) is 6.97. The molecule has 2 atom stereocenters. The molecule has 0 saturated carbocycles. The fourth-order valence-corrected chi connectivity index (χ4v) is 5.34. The molecule has 7 nitrogen and oxygen atoms in total. The predicted octanol–water partition coefficient (Wildman–Crippen LogP) is 3.84. The van der Waals surface area contributed by atoms with Crippen LogP contribution < -0.4 is 10.1 Å². The number of methoxy groups -OCH3 is 1. The molecule has 0 aliphatic carbocycles. The minimum atomic E-state index is -0.943. The summed E-state index contributed by atoms with van der Waals surface area (Å²) in [7, 11) is 1.65. The Bertz CT molecular complexity index is 1200. The van der Waals surface area contributed by atoms with Gasteiger partial charge in [-0.05, 0) is 55.8 Å². The van der Waals surface area contributed by atoms with Crippen molar-refractivity contribution in [3.8, 4) is 5.75 Å². The number of nitrogens with zero attached hydrogens (tertiary/aromatic N) is 2. The van der Waals surface area contributed by atoms with Crippen molar-refractivity contribution in [2.75, 3.05) is 26.7 Å². The number of imide groups is 1. The number of hydrogen-bond acceptors (Lipinski definition) is 4. The van der Waals surface area contributed by atoms with Gasteiger partial charge in [0.15, 0.2) is 0 Å². The van der Waals surface area contributed by atoms with E-state index in [0.29, 0.717) is 13.0 Å². The number of H-pyrrole nitrogens is 1. The molecule has 3 heterocycles. The molecule has 3 amide bonds. The van der Waals surface area contributed by atoms with E-state index in [1.807, 2.05) is 62.4 Å². The van der Waals surface area contributed by atoms with Crippen LogP contribution in [0.2, 0.25) is 0 Å². The molecule has 2 aliphatic rings. The van der Waals surface area contributed by atoms with Crippen LogP contribution in [0.5, 0.6) is 5.75 Å². The molecule has 7 heteroatoms. The SMILES string of the molecule is CCNCCCN1C(=O)N2[C@H](c3ccccc3)c3[nH]c4ccc(OC)cc4c3C[C@@]2(C)C1=O. The average molecular weight is 447 g/mol. The van der Waals surface area contributed by atoms with Crippen molar-refractivity contribution in [2.24, 2.45) is 0 Å². The molecule has 2 aromatic carbocycles. The average Bonchev–Trinajstić information content (AvgIpc) is 3.28. The number of rotatable bonds is 7. The molecule has 172 valence electrons. The van der Waals surface area contributed by atoms with Crippen molar-refractivity contribution in [3.05, 3.63) is 65.4 Å². The molecule has 0 bridgehead atoms. The van der Waals surface area contributed by atoms with Gasteiger partial charge in [-0.3, -0.25) is 14.6 Å². The summed E-state index contributed by atoms with van der Waals surface area (Å²) in [6.45, 7) is 6.02. The van der Waals surface area contributed by atoms with E-state index in [1.165, 1.54) is 4.90 Å². The molecule has 33 heavy (non-hydrogen) atoms. The van der Waals surface area contributed by atoms with Crippen LogP contribution >= 0.6 is 0 Å². The number of nitrogens with one attached hydrogen (secondary N) is 2. The van der Waals surface area contributed by atoms with E-state index in [1.54, 1.807) is 12.0 Å². The number of carbonyl (C=O) groups excluding carboxylic acids is 2. The van der Waals surface area contributed by atoms with Gasteiger partial charge >= 0.3 is 6.03 Å². The van der Waals surface area contributed by atoms with Crippen LogP contribution in [0.4, 0.5) is 4.79 Å². The van der Waals surface area contributed by atoms with E-state index in [2.05, 4.69) is 10.3 Å². The molecule has 0 radical (unpaired) electrons. The molecule has 0 unspecified atom stereocenters. The zero-order chi connectivity index (χ0) is 23.2. The molecule has 1 aromatic heterocycles. The zero-order valence-corrected chi connectivity index (χ0v) is 19.4. The molecular weight excluding hydrogens is 416 g/mol. The third-order valence-electron chi connectivity index (χ3n) is 6.97. The second-order valence-electron chi connectivity index (χ2n) is 9.01. The number of aromatic nitrogens is 1. The highest BCUT2D eigenvalue weighted by atomic mass is 16.5. The Morgan fingerprint density at radius 2 is 1.97 bits per heavy atom. The summed E-state index contributed by atoms with van der Waals surface area (Å²) in [6, 6.07) is 15.3. The summed E-state index contributed by atoms with van der Waals surface area (Å²) in [4.78, 5) is 34.2. The van der Waals surface area contributed by atoms with Crippen LogP contribution in [0.3, 0.4) is 0 Å². The maximum Gasteiger partial charge on any atom is 0.328 e. The van der Waals surface area contributed by atoms with Crippen LogP contribution in [0.25, 0.3) is 10.9 Å². The van der Waals surface area contributed by atoms with Gasteiger partial charge in [-0.25, -0.2) is 4.79 Å². The molecule has 0 spiro atoms. The quantitative estimate of drug-likeness (QED) is 0.427. The number of fused-ring (bicyclic) bond motifs is 4. The molecule has 2 N–H and O–H groups in total. The molecule has 3 aromatic rings. The first-order valence-corrected chi connectivity index (χ1v) is 11.6. The van der Waals surface area contributed by atoms with Gasteiger partial charge in [-0.15, -0.1) is 0 Å². The summed E-state index contributed by atoms with van der Waals surface area (Å²) in [5.41, 5.74) is 3.07. The number of carbonyl (C=O) groups is 2. The van der Waals surface area contributed by atoms with E-state index in [0.717, 1.165) is 53.0 Å². The molecule has 5 rings (SSSR count). The fraction of sp³-hybridized carbons (Fsp3) is 0.385. The molecular formula is C26H30N4O3. The topological polar surface area (TPSA) is 77.7 Å². The van der Waals surface area contributed by atoms with Gasteiger partial charge < -0.3 is 15.0 Å². The molecule has 1 saturated heterocycles. The Balaban J connectivity index is 1.63. The Kier molecular flexibility index (Phi) is 5.37. The van der Waals surface area contributed by atoms with Crippen LogP contribution in [0, 0.1) is 0 Å². The number of amides is 3. The summed E-state index contributed by atoms with van der Waals surface area (Å²) >= 11 is 0. The highest BCUT2D eigenvalue weighted by Gasteiger charge is 2.59. The zero-order valence-electron chi connectivity index (χ0n) is 19.4.